The average Bonchev–Trinajstić information content (AvgIpc) is 3.10. The molecule has 0 radical (unpaired) electrons. The first-order valence-corrected chi connectivity index (χ1v) is 17.6. The minimum atomic E-state index is -5.01. The number of hydrogen-bond acceptors (Lipinski definition) is 6. The first-order chi connectivity index (χ1) is 17.6. The molecule has 0 spiro atoms. The molecule has 7 N–H and O–H groups in total. The van der Waals surface area contributed by atoms with Gasteiger partial charge in [-0.2, -0.15) is 11.8 Å². The molecule has 2 saturated carbocycles. The molecule has 2 fully saturated rings. The van der Waals surface area contributed by atoms with E-state index in [0.717, 1.165) is 37.4 Å². The lowest BCUT2D eigenvalue weighted by atomic mass is 9.53. The molecule has 6 atom stereocenters. The third-order valence-electron chi connectivity index (χ3n) is 9.44. The summed E-state index contributed by atoms with van der Waals surface area (Å²) in [6.07, 6.45) is 4.96. The number of phenolic OH excluding ortho intramolecular Hbond substituents is 1. The third-order valence-corrected chi connectivity index (χ3v) is 15.2. The van der Waals surface area contributed by atoms with Crippen LogP contribution in [0.15, 0.2) is 18.2 Å². The monoisotopic (exact) mass is 591 g/mol. The van der Waals surface area contributed by atoms with Crippen molar-refractivity contribution in [3.05, 3.63) is 29.3 Å². The summed E-state index contributed by atoms with van der Waals surface area (Å²) in [4.78, 5) is 50.9. The van der Waals surface area contributed by atoms with Gasteiger partial charge in [0.1, 0.15) is 11.4 Å². The number of carbonyl (C=O) groups is 1. The standard InChI is InChI=1S/C25H39NO9P2S/c1-3-17(38-14-22(36(30,31)32)37(33,34)35)13-26-23(28)25(29)11-9-21-20-6-4-15-12-16(27)5-7-18(15)19(20)8-10-24(21,25)2/h5,7,12,17,19-22,27,29H,3-4,6,8-11,13-14H2,1-2H3,(H,26,28)(H2,30,31,32)(H2,33,34,35)/t17?,19?,20?,21?,24-,25-/m0/s1. The van der Waals surface area contributed by atoms with Crippen LogP contribution in [0.25, 0.3) is 0 Å². The van der Waals surface area contributed by atoms with E-state index in [9.17, 15) is 43.7 Å². The van der Waals surface area contributed by atoms with E-state index in [1.54, 1.807) is 6.07 Å². The number of carbonyl (C=O) groups excluding carboxylic acids is 1. The van der Waals surface area contributed by atoms with Crippen LogP contribution in [0.3, 0.4) is 0 Å². The summed E-state index contributed by atoms with van der Waals surface area (Å²) in [5, 5.41) is 22.1. The highest BCUT2D eigenvalue weighted by Crippen LogP contribution is 2.64. The van der Waals surface area contributed by atoms with E-state index >= 15 is 0 Å². The van der Waals surface area contributed by atoms with Crippen LogP contribution in [-0.4, -0.2) is 64.2 Å². The second-order valence-electron chi connectivity index (χ2n) is 11.4. The van der Waals surface area contributed by atoms with Crippen molar-refractivity contribution in [2.45, 2.75) is 81.0 Å². The molecule has 0 saturated heterocycles. The molecular weight excluding hydrogens is 552 g/mol. The molecule has 13 heteroatoms. The molecule has 0 aromatic heterocycles. The Morgan fingerprint density at radius 1 is 1.13 bits per heavy atom. The zero-order valence-electron chi connectivity index (χ0n) is 21.7. The minimum absolute atomic E-state index is 0.112. The van der Waals surface area contributed by atoms with Crippen LogP contribution >= 0.6 is 27.0 Å². The van der Waals surface area contributed by atoms with Gasteiger partial charge in [0.25, 0.3) is 5.91 Å². The van der Waals surface area contributed by atoms with Crippen LogP contribution in [0.2, 0.25) is 0 Å². The summed E-state index contributed by atoms with van der Waals surface area (Å²) < 4.78 is 23.2. The van der Waals surface area contributed by atoms with Crippen LogP contribution in [0.5, 0.6) is 5.75 Å². The summed E-state index contributed by atoms with van der Waals surface area (Å²) in [7, 11) is -10.0. The molecule has 1 aromatic carbocycles. The highest BCUT2D eigenvalue weighted by atomic mass is 32.2. The van der Waals surface area contributed by atoms with Gasteiger partial charge in [0.05, 0.1) is 0 Å². The zero-order valence-corrected chi connectivity index (χ0v) is 24.3. The molecule has 38 heavy (non-hydrogen) atoms. The summed E-state index contributed by atoms with van der Waals surface area (Å²) in [5.41, 5.74) is 0.325. The molecular formula is C25H39NO9P2S. The topological polar surface area (TPSA) is 185 Å². The average molecular weight is 592 g/mol. The molecule has 1 aromatic rings. The molecule has 0 heterocycles. The quantitative estimate of drug-likeness (QED) is 0.210. The first-order valence-electron chi connectivity index (χ1n) is 13.2. The molecule has 0 aliphatic heterocycles. The summed E-state index contributed by atoms with van der Waals surface area (Å²) >= 11 is 0.999. The van der Waals surface area contributed by atoms with Crippen molar-refractivity contribution in [3.8, 4) is 5.75 Å². The highest BCUT2D eigenvalue weighted by Gasteiger charge is 2.64. The van der Waals surface area contributed by atoms with Gasteiger partial charge in [0.2, 0.25) is 0 Å². The summed E-state index contributed by atoms with van der Waals surface area (Å²) in [6, 6.07) is 5.60. The van der Waals surface area contributed by atoms with Gasteiger partial charge < -0.3 is 35.1 Å². The van der Waals surface area contributed by atoms with Gasteiger partial charge in [-0.25, -0.2) is 0 Å². The van der Waals surface area contributed by atoms with Crippen molar-refractivity contribution in [3.63, 3.8) is 0 Å². The van der Waals surface area contributed by atoms with Gasteiger partial charge in [-0.05, 0) is 86.0 Å². The molecule has 1 amide bonds. The number of nitrogens with one attached hydrogen (secondary N) is 1. The van der Waals surface area contributed by atoms with Crippen LogP contribution in [0.4, 0.5) is 0 Å². The largest absolute Gasteiger partial charge is 0.508 e. The van der Waals surface area contributed by atoms with Gasteiger partial charge in [0, 0.05) is 23.0 Å². The predicted molar refractivity (Wildman–Crippen MR) is 145 cm³/mol. The fraction of sp³-hybridized carbons (Fsp3) is 0.720. The molecule has 214 valence electrons. The number of aromatic hydroxyl groups is 1. The number of amides is 1. The van der Waals surface area contributed by atoms with E-state index in [2.05, 4.69) is 5.32 Å². The molecule has 4 rings (SSSR count). The van der Waals surface area contributed by atoms with E-state index in [1.165, 1.54) is 11.1 Å². The van der Waals surface area contributed by atoms with Crippen LogP contribution in [0, 0.1) is 17.3 Å². The van der Waals surface area contributed by atoms with Crippen LogP contribution in [-0.2, 0) is 20.3 Å². The number of phenols is 1. The Kier molecular flexibility index (Phi) is 8.56. The van der Waals surface area contributed by atoms with Crippen molar-refractivity contribution in [1.82, 2.24) is 5.32 Å². The summed E-state index contributed by atoms with van der Waals surface area (Å²) in [5.74, 6) is 0.251. The number of hydrogen-bond donors (Lipinski definition) is 7. The van der Waals surface area contributed by atoms with Gasteiger partial charge in [0.15, 0.2) is 5.40 Å². The molecule has 3 aliphatic rings. The van der Waals surface area contributed by atoms with Crippen molar-refractivity contribution in [1.29, 1.82) is 0 Å². The fourth-order valence-electron chi connectivity index (χ4n) is 7.24. The highest BCUT2D eigenvalue weighted by molar-refractivity contribution is 8.00. The Bertz CT molecular complexity index is 1130. The van der Waals surface area contributed by atoms with Crippen molar-refractivity contribution < 1.29 is 43.7 Å². The van der Waals surface area contributed by atoms with Gasteiger partial charge in [-0.15, -0.1) is 0 Å². The van der Waals surface area contributed by atoms with Gasteiger partial charge in [-0.1, -0.05) is 19.9 Å². The SMILES string of the molecule is CCC(CNC(=O)[C@@]1(O)CCC2C3CCc4cc(O)ccc4C3CC[C@@]21C)SCC(P(=O)(O)O)P(=O)(O)O. The number of benzene rings is 1. The number of fused-ring (bicyclic) bond motifs is 5. The number of thioether (sulfide) groups is 1. The first kappa shape index (κ1) is 30.1. The number of aliphatic hydroxyl groups is 1. The predicted octanol–water partition coefficient (Wildman–Crippen LogP) is 3.29. The summed E-state index contributed by atoms with van der Waals surface area (Å²) in [6.45, 7) is 3.95. The second-order valence-corrected chi connectivity index (χ2v) is 16.7. The Morgan fingerprint density at radius 2 is 1.82 bits per heavy atom. The van der Waals surface area contributed by atoms with E-state index in [4.69, 9.17) is 0 Å². The maximum Gasteiger partial charge on any atom is 0.341 e. The lowest BCUT2D eigenvalue weighted by molar-refractivity contribution is -0.159. The zero-order chi connectivity index (χ0) is 28.1. The Balaban J connectivity index is 1.42. The molecule has 4 unspecified atom stereocenters. The Hall–Kier alpha value is -0.900. The maximum absolute atomic E-state index is 13.5. The minimum Gasteiger partial charge on any atom is -0.508 e. The molecule has 3 aliphatic carbocycles. The van der Waals surface area contributed by atoms with Crippen molar-refractivity contribution in [2.24, 2.45) is 17.3 Å². The van der Waals surface area contributed by atoms with Gasteiger partial charge >= 0.3 is 15.2 Å². The van der Waals surface area contributed by atoms with Crippen LogP contribution in [0.1, 0.15) is 69.4 Å². The molecule has 0 bridgehead atoms. The van der Waals surface area contributed by atoms with Crippen molar-refractivity contribution >= 4 is 32.9 Å². The smallest absolute Gasteiger partial charge is 0.341 e. The normalized spacial score (nSPS) is 31.8. The van der Waals surface area contributed by atoms with E-state index in [0.29, 0.717) is 31.1 Å². The van der Waals surface area contributed by atoms with E-state index in [-0.39, 0.29) is 23.5 Å². The van der Waals surface area contributed by atoms with E-state index < -0.39 is 43.3 Å². The lowest BCUT2D eigenvalue weighted by Gasteiger charge is -2.52. The fourth-order valence-corrected chi connectivity index (χ4v) is 11.8. The number of rotatable bonds is 9. The third kappa shape index (κ3) is 5.51. The Labute approximate surface area is 227 Å². The van der Waals surface area contributed by atoms with Crippen LogP contribution < -0.4 is 5.32 Å². The number of aryl methyl sites for hydroxylation is 1. The Morgan fingerprint density at radius 3 is 2.45 bits per heavy atom. The lowest BCUT2D eigenvalue weighted by Crippen LogP contribution is -2.59. The van der Waals surface area contributed by atoms with E-state index in [1.807, 2.05) is 26.0 Å². The maximum atomic E-state index is 13.5. The second kappa shape index (κ2) is 10.8. The molecule has 10 nitrogen and oxygen atoms in total. The van der Waals surface area contributed by atoms with Gasteiger partial charge in [-0.3, -0.25) is 13.9 Å². The van der Waals surface area contributed by atoms with Crippen molar-refractivity contribution in [2.75, 3.05) is 12.3 Å².